The molecule has 0 spiro atoms. The molecule has 0 radical (unpaired) electrons. The van der Waals surface area contributed by atoms with E-state index in [1.165, 1.54) is 30.3 Å². The lowest BCUT2D eigenvalue weighted by molar-refractivity contribution is -0.154. The number of ketones is 1. The molecule has 45 heavy (non-hydrogen) atoms. The number of amides is 1. The Hall–Kier alpha value is -2.73. The molecular weight excluding hydrogens is 732 g/mol. The second kappa shape index (κ2) is 12.8. The van der Waals surface area contributed by atoms with Gasteiger partial charge in [-0.3, -0.25) is 14.4 Å². The molecule has 2 unspecified atom stereocenters. The number of carbonyl (C=O) groups excluding carboxylic acids is 3. The van der Waals surface area contributed by atoms with E-state index in [0.717, 1.165) is 18.2 Å². The Morgan fingerprint density at radius 3 is 2.27 bits per heavy atom. The van der Waals surface area contributed by atoms with Crippen LogP contribution in [0.5, 0.6) is 0 Å². The average Bonchev–Trinajstić information content (AvgIpc) is 3.49. The molecule has 0 bridgehead atoms. The SMILES string of the molecule is CC(C)(C)OC(=O)Cc1c(F)ccc(CC(=O)c2cc(NC(=O)C3C(c4ccc(Br)c(C(F)(F)F)c4)C3(Cl)Cl)ccc2Cl)c1F. The van der Waals surface area contributed by atoms with Crippen LogP contribution in [0.25, 0.3) is 0 Å². The number of benzene rings is 3. The Bertz CT molecular complexity index is 1690. The summed E-state index contributed by atoms with van der Waals surface area (Å²) in [6.07, 6.45) is -5.92. The van der Waals surface area contributed by atoms with Gasteiger partial charge < -0.3 is 10.1 Å². The normalized spacial score (nSPS) is 17.5. The number of halogens is 9. The summed E-state index contributed by atoms with van der Waals surface area (Å²) in [6, 6.07) is 9.35. The molecule has 4 rings (SSSR count). The standard InChI is InChI=1S/C31H24BrCl3F5NO4/c1-29(2,3)45-24(43)13-18-22(36)9-5-15(27(18)37)11-23(42)17-12-16(6-8-21(17)33)41-28(44)26-25(30(26,34)35)14-4-7-20(32)19(10-14)31(38,39)40/h4-10,12,25-26H,11,13H2,1-3H3,(H,41,44). The monoisotopic (exact) mass is 753 g/mol. The summed E-state index contributed by atoms with van der Waals surface area (Å²) in [5.41, 5.74) is -2.50. The van der Waals surface area contributed by atoms with E-state index in [1.807, 2.05) is 0 Å². The van der Waals surface area contributed by atoms with E-state index in [-0.39, 0.29) is 31.9 Å². The number of esters is 1. The van der Waals surface area contributed by atoms with Crippen LogP contribution in [0.2, 0.25) is 5.02 Å². The van der Waals surface area contributed by atoms with Crippen LogP contribution >= 0.6 is 50.7 Å². The minimum atomic E-state index is -4.66. The summed E-state index contributed by atoms with van der Waals surface area (Å²) in [7, 11) is 0. The van der Waals surface area contributed by atoms with Gasteiger partial charge in [-0.2, -0.15) is 13.2 Å². The van der Waals surface area contributed by atoms with E-state index < -0.39 is 81.2 Å². The van der Waals surface area contributed by atoms with E-state index in [0.29, 0.717) is 0 Å². The fraction of sp³-hybridized carbons (Fsp3) is 0.323. The third-order valence-corrected chi connectivity index (χ3v) is 8.84. The summed E-state index contributed by atoms with van der Waals surface area (Å²) in [5, 5.41) is 2.51. The second-order valence-electron chi connectivity index (χ2n) is 11.4. The number of hydrogen-bond acceptors (Lipinski definition) is 4. The van der Waals surface area contributed by atoms with Crippen LogP contribution in [0.4, 0.5) is 27.6 Å². The molecule has 0 aliphatic heterocycles. The highest BCUT2D eigenvalue weighted by Crippen LogP contribution is 2.65. The molecule has 2 atom stereocenters. The number of hydrogen-bond donors (Lipinski definition) is 1. The summed E-state index contributed by atoms with van der Waals surface area (Å²) >= 11 is 21.7. The summed E-state index contributed by atoms with van der Waals surface area (Å²) in [6.45, 7) is 4.81. The van der Waals surface area contributed by atoms with E-state index in [4.69, 9.17) is 39.5 Å². The Kier molecular flexibility index (Phi) is 10.0. The van der Waals surface area contributed by atoms with Gasteiger partial charge in [0.1, 0.15) is 21.6 Å². The van der Waals surface area contributed by atoms with Crippen molar-refractivity contribution in [3.8, 4) is 0 Å². The first-order valence-electron chi connectivity index (χ1n) is 13.3. The van der Waals surface area contributed by atoms with Crippen molar-refractivity contribution >= 4 is 74.1 Å². The Morgan fingerprint density at radius 2 is 1.64 bits per heavy atom. The number of anilines is 1. The number of Topliss-reactive ketones (excluding diaryl/α,β-unsaturated/α-hetero) is 1. The van der Waals surface area contributed by atoms with Gasteiger partial charge in [0.2, 0.25) is 5.91 Å². The molecule has 240 valence electrons. The molecule has 0 aromatic heterocycles. The molecule has 1 fully saturated rings. The Labute approximate surface area is 278 Å². The van der Waals surface area contributed by atoms with Crippen molar-refractivity contribution in [2.75, 3.05) is 5.32 Å². The first-order valence-corrected chi connectivity index (χ1v) is 15.2. The maximum absolute atomic E-state index is 15.2. The van der Waals surface area contributed by atoms with Gasteiger partial charge in [0.25, 0.3) is 0 Å². The number of carbonyl (C=O) groups is 3. The maximum Gasteiger partial charge on any atom is 0.417 e. The molecule has 1 amide bonds. The number of rotatable bonds is 8. The van der Waals surface area contributed by atoms with Gasteiger partial charge in [0.15, 0.2) is 5.78 Å². The van der Waals surface area contributed by atoms with Crippen LogP contribution in [-0.4, -0.2) is 27.6 Å². The fourth-order valence-corrected chi connectivity index (χ4v) is 6.32. The van der Waals surface area contributed by atoms with Crippen LogP contribution in [0.3, 0.4) is 0 Å². The summed E-state index contributed by atoms with van der Waals surface area (Å²) < 4.78 is 73.1. The van der Waals surface area contributed by atoms with Gasteiger partial charge in [0.05, 0.1) is 22.9 Å². The maximum atomic E-state index is 15.2. The van der Waals surface area contributed by atoms with Crippen LogP contribution in [-0.2, 0) is 33.3 Å². The van der Waals surface area contributed by atoms with Gasteiger partial charge in [0, 0.05) is 33.6 Å². The average molecular weight is 756 g/mol. The van der Waals surface area contributed by atoms with Crippen molar-refractivity contribution in [2.45, 2.75) is 55.6 Å². The van der Waals surface area contributed by atoms with E-state index in [1.54, 1.807) is 20.8 Å². The van der Waals surface area contributed by atoms with E-state index in [9.17, 15) is 31.9 Å². The van der Waals surface area contributed by atoms with Gasteiger partial charge in [-0.15, -0.1) is 23.2 Å². The van der Waals surface area contributed by atoms with Crippen molar-refractivity contribution in [1.82, 2.24) is 0 Å². The van der Waals surface area contributed by atoms with E-state index >= 15 is 4.39 Å². The third kappa shape index (κ3) is 7.99. The molecule has 1 N–H and O–H groups in total. The fourth-order valence-electron chi connectivity index (χ4n) is 4.79. The highest BCUT2D eigenvalue weighted by molar-refractivity contribution is 9.10. The van der Waals surface area contributed by atoms with Gasteiger partial charge >= 0.3 is 12.1 Å². The smallest absolute Gasteiger partial charge is 0.417 e. The zero-order valence-electron chi connectivity index (χ0n) is 23.7. The minimum Gasteiger partial charge on any atom is -0.460 e. The number of ether oxygens (including phenoxy) is 1. The van der Waals surface area contributed by atoms with Crippen molar-refractivity contribution in [3.05, 3.63) is 97.5 Å². The first-order chi connectivity index (χ1) is 20.7. The van der Waals surface area contributed by atoms with Crippen molar-refractivity contribution in [3.63, 3.8) is 0 Å². The zero-order chi connectivity index (χ0) is 33.6. The molecule has 5 nitrogen and oxygen atoms in total. The first kappa shape index (κ1) is 35.1. The minimum absolute atomic E-state index is 0.0302. The molecule has 3 aromatic rings. The predicted octanol–water partition coefficient (Wildman–Crippen LogP) is 9.24. The third-order valence-electron chi connectivity index (χ3n) is 6.88. The molecule has 3 aromatic carbocycles. The summed E-state index contributed by atoms with van der Waals surface area (Å²) in [4.78, 5) is 38.5. The lowest BCUT2D eigenvalue weighted by atomic mass is 9.98. The van der Waals surface area contributed by atoms with Crippen LogP contribution < -0.4 is 5.32 Å². The van der Waals surface area contributed by atoms with Crippen LogP contribution in [0.1, 0.15) is 59.3 Å². The largest absolute Gasteiger partial charge is 0.460 e. The highest BCUT2D eigenvalue weighted by Gasteiger charge is 2.67. The number of alkyl halides is 5. The van der Waals surface area contributed by atoms with Gasteiger partial charge in [-0.25, -0.2) is 8.78 Å². The molecular formula is C31H24BrCl3F5NO4. The molecule has 0 saturated heterocycles. The van der Waals surface area contributed by atoms with Crippen molar-refractivity contribution in [1.29, 1.82) is 0 Å². The van der Waals surface area contributed by atoms with Crippen molar-refractivity contribution < 1.29 is 41.1 Å². The van der Waals surface area contributed by atoms with E-state index in [2.05, 4.69) is 21.2 Å². The summed E-state index contributed by atoms with van der Waals surface area (Å²) in [5.74, 6) is -6.42. The van der Waals surface area contributed by atoms with Crippen LogP contribution in [0, 0.1) is 17.6 Å². The quantitative estimate of drug-likeness (QED) is 0.108. The topological polar surface area (TPSA) is 72.5 Å². The Balaban J connectivity index is 1.51. The molecule has 14 heteroatoms. The van der Waals surface area contributed by atoms with Gasteiger partial charge in [-0.05, 0) is 68.3 Å². The highest BCUT2D eigenvalue weighted by atomic mass is 79.9. The van der Waals surface area contributed by atoms with Gasteiger partial charge in [-0.1, -0.05) is 39.7 Å². The predicted molar refractivity (Wildman–Crippen MR) is 164 cm³/mol. The number of nitrogens with one attached hydrogen (secondary N) is 1. The zero-order valence-corrected chi connectivity index (χ0v) is 27.6. The molecule has 1 aliphatic rings. The lowest BCUT2D eigenvalue weighted by Crippen LogP contribution is -2.25. The molecule has 1 saturated carbocycles. The molecule has 1 aliphatic carbocycles. The lowest BCUT2D eigenvalue weighted by Gasteiger charge is -2.20. The van der Waals surface area contributed by atoms with Crippen LogP contribution in [0.15, 0.2) is 53.0 Å². The Morgan fingerprint density at radius 1 is 0.978 bits per heavy atom. The van der Waals surface area contributed by atoms with Crippen molar-refractivity contribution in [2.24, 2.45) is 5.92 Å². The second-order valence-corrected chi connectivity index (χ2v) is 14.1. The molecule has 0 heterocycles.